The lowest BCUT2D eigenvalue weighted by molar-refractivity contribution is 0.0538. The molecule has 3 aromatic rings. The van der Waals surface area contributed by atoms with Gasteiger partial charge in [-0.2, -0.15) is 0 Å². The van der Waals surface area contributed by atoms with Crippen LogP contribution in [0.25, 0.3) is 22.6 Å². The quantitative estimate of drug-likeness (QED) is 0.719. The Bertz CT molecular complexity index is 990. The Morgan fingerprint density at radius 2 is 2.12 bits per heavy atom. The minimum atomic E-state index is -0.242. The highest BCUT2D eigenvalue weighted by molar-refractivity contribution is 6.08. The number of aromatic nitrogens is 1. The van der Waals surface area contributed by atoms with Crippen LogP contribution in [-0.4, -0.2) is 18.0 Å². The van der Waals surface area contributed by atoms with Crippen LogP contribution in [0.4, 0.5) is 0 Å². The number of pyridine rings is 1. The lowest BCUT2D eigenvalue weighted by Crippen LogP contribution is -2.26. The first-order chi connectivity index (χ1) is 12.7. The maximum absolute atomic E-state index is 12.8. The Labute approximate surface area is 151 Å². The molecule has 0 saturated carbocycles. The van der Waals surface area contributed by atoms with Crippen LogP contribution < -0.4 is 5.48 Å². The van der Waals surface area contributed by atoms with Crippen LogP contribution >= 0.6 is 0 Å². The van der Waals surface area contributed by atoms with Gasteiger partial charge in [-0.3, -0.25) is 9.63 Å². The van der Waals surface area contributed by atoms with E-state index >= 15 is 0 Å². The number of benzene rings is 1. The number of nitrogens with zero attached hydrogens (tertiary/aromatic N) is 1. The van der Waals surface area contributed by atoms with E-state index in [-0.39, 0.29) is 5.91 Å². The second-order valence-corrected chi connectivity index (χ2v) is 6.66. The summed E-state index contributed by atoms with van der Waals surface area (Å²) in [6.45, 7) is 2.19. The van der Waals surface area contributed by atoms with E-state index in [9.17, 15) is 4.79 Å². The summed E-state index contributed by atoms with van der Waals surface area (Å²) in [4.78, 5) is 22.5. The molecule has 0 spiro atoms. The Kier molecular flexibility index (Phi) is 4.31. The Hall–Kier alpha value is -2.92. The van der Waals surface area contributed by atoms with E-state index in [0.717, 1.165) is 46.3 Å². The molecule has 1 aliphatic carbocycles. The smallest absolute Gasteiger partial charge is 0.275 e. The zero-order chi connectivity index (χ0) is 18.1. The highest BCUT2D eigenvalue weighted by atomic mass is 16.6. The number of hydroxylamine groups is 1. The van der Waals surface area contributed by atoms with Crippen molar-refractivity contribution in [2.75, 3.05) is 7.11 Å². The van der Waals surface area contributed by atoms with Crippen LogP contribution in [0, 0.1) is 5.92 Å². The number of fused-ring (bicyclic) bond motifs is 2. The van der Waals surface area contributed by atoms with Gasteiger partial charge in [0.2, 0.25) is 0 Å². The number of furan rings is 1. The van der Waals surface area contributed by atoms with Gasteiger partial charge in [0, 0.05) is 5.39 Å². The second kappa shape index (κ2) is 6.77. The fourth-order valence-corrected chi connectivity index (χ4v) is 3.68. The number of allylic oxidation sites excluding steroid dienone is 1. The maximum Gasteiger partial charge on any atom is 0.275 e. The minimum Gasteiger partial charge on any atom is -0.465 e. The molecule has 2 aromatic heterocycles. The van der Waals surface area contributed by atoms with E-state index in [4.69, 9.17) is 14.2 Å². The molecule has 2 heterocycles. The van der Waals surface area contributed by atoms with Crippen molar-refractivity contribution in [1.29, 1.82) is 0 Å². The monoisotopic (exact) mass is 348 g/mol. The third kappa shape index (κ3) is 2.91. The third-order valence-electron chi connectivity index (χ3n) is 4.70. The van der Waals surface area contributed by atoms with Crippen molar-refractivity contribution >= 4 is 28.5 Å². The molecule has 1 aliphatic rings. The minimum absolute atomic E-state index is 0.242. The fraction of sp³-hybridized carbons (Fsp3) is 0.238. The molecular formula is C21H20N2O3. The number of rotatable bonds is 3. The van der Waals surface area contributed by atoms with Crippen molar-refractivity contribution < 1.29 is 14.0 Å². The maximum atomic E-state index is 12.8. The molecule has 0 saturated heterocycles. The SMILES string of the molecule is CONC(=O)c1c2c(nc3ccccc13)/C(=C\c1ccco1)C[C@H](C)C2. The largest absolute Gasteiger partial charge is 0.465 e. The summed E-state index contributed by atoms with van der Waals surface area (Å²) in [7, 11) is 1.44. The van der Waals surface area contributed by atoms with E-state index < -0.39 is 0 Å². The molecule has 0 aliphatic heterocycles. The number of nitrogens with one attached hydrogen (secondary N) is 1. The van der Waals surface area contributed by atoms with Crippen molar-refractivity contribution in [3.8, 4) is 0 Å². The van der Waals surface area contributed by atoms with Gasteiger partial charge in [0.25, 0.3) is 5.91 Å². The summed E-state index contributed by atoms with van der Waals surface area (Å²) in [6.07, 6.45) is 5.37. The predicted octanol–water partition coefficient (Wildman–Crippen LogP) is 4.24. The first-order valence-corrected chi connectivity index (χ1v) is 8.66. The van der Waals surface area contributed by atoms with Crippen molar-refractivity contribution in [1.82, 2.24) is 10.5 Å². The van der Waals surface area contributed by atoms with Crippen molar-refractivity contribution in [2.45, 2.75) is 19.8 Å². The molecule has 26 heavy (non-hydrogen) atoms. The number of carbonyl (C=O) groups excluding carboxylic acids is 1. The van der Waals surface area contributed by atoms with E-state index in [0.29, 0.717) is 11.5 Å². The van der Waals surface area contributed by atoms with Gasteiger partial charge in [0.05, 0.1) is 30.1 Å². The summed E-state index contributed by atoms with van der Waals surface area (Å²) >= 11 is 0. The van der Waals surface area contributed by atoms with Crippen LogP contribution in [0.5, 0.6) is 0 Å². The van der Waals surface area contributed by atoms with E-state index in [1.807, 2.05) is 42.5 Å². The lowest BCUT2D eigenvalue weighted by atomic mass is 9.80. The summed E-state index contributed by atoms with van der Waals surface area (Å²) in [5.74, 6) is 0.951. The molecule has 1 amide bonds. The van der Waals surface area contributed by atoms with Crippen LogP contribution in [-0.2, 0) is 11.3 Å². The standard InChI is InChI=1S/C21H20N2O3/c1-13-10-14(12-15-6-5-9-26-15)20-17(11-13)19(21(24)23-25-2)16-7-3-4-8-18(16)22-20/h3-9,12-13H,10-11H2,1-2H3,(H,23,24)/b14-12-/t13-/m0/s1. The van der Waals surface area contributed by atoms with Crippen LogP contribution in [0.1, 0.15) is 40.7 Å². The number of hydrogen-bond donors (Lipinski definition) is 1. The van der Waals surface area contributed by atoms with Gasteiger partial charge in [-0.05, 0) is 54.2 Å². The molecule has 1 aromatic carbocycles. The highest BCUT2D eigenvalue weighted by Gasteiger charge is 2.28. The Morgan fingerprint density at radius 1 is 1.27 bits per heavy atom. The summed E-state index contributed by atoms with van der Waals surface area (Å²) < 4.78 is 5.49. The van der Waals surface area contributed by atoms with E-state index in [1.165, 1.54) is 7.11 Å². The van der Waals surface area contributed by atoms with Crippen molar-refractivity contribution in [3.05, 3.63) is 65.2 Å². The van der Waals surface area contributed by atoms with Crippen molar-refractivity contribution in [3.63, 3.8) is 0 Å². The van der Waals surface area contributed by atoms with Gasteiger partial charge >= 0.3 is 0 Å². The van der Waals surface area contributed by atoms with Crippen LogP contribution in [0.15, 0.2) is 47.1 Å². The molecule has 0 unspecified atom stereocenters. The summed E-state index contributed by atoms with van der Waals surface area (Å²) in [5.41, 5.74) is 6.85. The van der Waals surface area contributed by atoms with Crippen molar-refractivity contribution in [2.24, 2.45) is 5.92 Å². The van der Waals surface area contributed by atoms with Gasteiger partial charge in [-0.1, -0.05) is 25.1 Å². The van der Waals surface area contributed by atoms with Gasteiger partial charge < -0.3 is 4.42 Å². The topological polar surface area (TPSA) is 64.4 Å². The van der Waals surface area contributed by atoms with Crippen LogP contribution in [0.2, 0.25) is 0 Å². The Morgan fingerprint density at radius 3 is 2.88 bits per heavy atom. The highest BCUT2D eigenvalue weighted by Crippen LogP contribution is 2.38. The number of hydrogen-bond acceptors (Lipinski definition) is 4. The number of carbonyl (C=O) groups is 1. The molecule has 1 atom stereocenters. The normalized spacial score (nSPS) is 18.1. The molecule has 1 N–H and O–H groups in total. The first kappa shape index (κ1) is 16.5. The fourth-order valence-electron chi connectivity index (χ4n) is 3.68. The average molecular weight is 348 g/mol. The molecule has 132 valence electrons. The second-order valence-electron chi connectivity index (χ2n) is 6.66. The Balaban J connectivity index is 1.98. The predicted molar refractivity (Wildman–Crippen MR) is 100 cm³/mol. The lowest BCUT2D eigenvalue weighted by Gasteiger charge is -2.26. The molecule has 5 nitrogen and oxygen atoms in total. The summed E-state index contributed by atoms with van der Waals surface area (Å²) in [6, 6.07) is 11.5. The zero-order valence-electron chi connectivity index (χ0n) is 14.8. The molecule has 5 heteroatoms. The van der Waals surface area contributed by atoms with Gasteiger partial charge in [-0.25, -0.2) is 10.5 Å². The average Bonchev–Trinajstić information content (AvgIpc) is 3.13. The van der Waals surface area contributed by atoms with E-state index in [2.05, 4.69) is 12.4 Å². The van der Waals surface area contributed by atoms with E-state index in [1.54, 1.807) is 6.26 Å². The third-order valence-corrected chi connectivity index (χ3v) is 4.70. The van der Waals surface area contributed by atoms with Gasteiger partial charge in [0.1, 0.15) is 5.76 Å². The molecular weight excluding hydrogens is 328 g/mol. The first-order valence-electron chi connectivity index (χ1n) is 8.66. The molecule has 0 bridgehead atoms. The van der Waals surface area contributed by atoms with Gasteiger partial charge in [-0.15, -0.1) is 0 Å². The zero-order valence-corrected chi connectivity index (χ0v) is 14.8. The van der Waals surface area contributed by atoms with Crippen LogP contribution in [0.3, 0.4) is 0 Å². The molecule has 0 fully saturated rings. The molecule has 0 radical (unpaired) electrons. The number of para-hydroxylation sites is 1. The van der Waals surface area contributed by atoms with Gasteiger partial charge in [0.15, 0.2) is 0 Å². The summed E-state index contributed by atoms with van der Waals surface area (Å²) in [5, 5.41) is 0.840. The molecule has 4 rings (SSSR count). The number of amides is 1.